The standard InChI is InChI=1S/C27H46O.3Na.H3O4P/c1-18(2)7-6-8-19(3)23-11-12-24-22-10-9-20-17-21(28)13-15-26(20,4)25(22)14-16-27(23,24)5;;;;1-5(2,3)4/h9,18-19,21-25,28H,6-8,10-17H2,1-5H3;;;;(H3,1,2,3,4)/q;3*+1;/p-3/t19?,21-,22-,23+,24-,25-,26-,27+;;;;/m0..../s1. The van der Waals surface area contributed by atoms with E-state index in [0.29, 0.717) is 10.8 Å². The smallest absolute Gasteiger partial charge is 0.822 e. The molecule has 1 N–H and O–H groups in total. The van der Waals surface area contributed by atoms with Crippen molar-refractivity contribution in [3.05, 3.63) is 11.6 Å². The number of allylic oxidation sites excluding steroid dienone is 1. The van der Waals surface area contributed by atoms with Gasteiger partial charge >= 0.3 is 88.7 Å². The number of hydrogen-bond acceptors (Lipinski definition) is 5. The number of hydrogen-bond donors (Lipinski definition) is 1. The number of fused-ring (bicyclic) bond motifs is 5. The van der Waals surface area contributed by atoms with Crippen molar-refractivity contribution >= 4 is 7.82 Å². The summed E-state index contributed by atoms with van der Waals surface area (Å²) in [4.78, 5) is 25.6. The van der Waals surface area contributed by atoms with Crippen LogP contribution in [0.4, 0.5) is 0 Å². The van der Waals surface area contributed by atoms with Crippen molar-refractivity contribution in [1.82, 2.24) is 0 Å². The van der Waals surface area contributed by atoms with Gasteiger partial charge in [0.1, 0.15) is 0 Å². The Balaban J connectivity index is 0.00000140. The van der Waals surface area contributed by atoms with Gasteiger partial charge in [-0.05, 0) is 97.7 Å². The molecule has 0 amide bonds. The van der Waals surface area contributed by atoms with E-state index in [0.717, 1.165) is 48.3 Å². The molecule has 3 fully saturated rings. The molecule has 0 bridgehead atoms. The Bertz CT molecular complexity index is 751. The van der Waals surface area contributed by atoms with Gasteiger partial charge in [-0.15, -0.1) is 0 Å². The molecule has 192 valence electrons. The Kier molecular flexibility index (Phi) is 17.1. The quantitative estimate of drug-likeness (QED) is 0.211. The first kappa shape index (κ1) is 38.8. The number of phosphoric acid groups is 1. The molecular formula is C27H46Na3O5P. The fourth-order valence-corrected chi connectivity index (χ4v) is 8.67. The molecular weight excluding hydrogens is 504 g/mol. The van der Waals surface area contributed by atoms with Crippen LogP contribution in [0.15, 0.2) is 11.6 Å². The van der Waals surface area contributed by atoms with Gasteiger partial charge in [0.2, 0.25) is 0 Å². The van der Waals surface area contributed by atoms with E-state index < -0.39 is 7.82 Å². The summed E-state index contributed by atoms with van der Waals surface area (Å²) < 4.78 is 8.55. The zero-order chi connectivity index (χ0) is 24.6. The molecule has 0 radical (unpaired) electrons. The minimum absolute atomic E-state index is 0. The zero-order valence-corrected chi connectivity index (χ0v) is 31.3. The van der Waals surface area contributed by atoms with E-state index in [-0.39, 0.29) is 94.8 Å². The third-order valence-electron chi connectivity index (χ3n) is 10.3. The number of rotatable bonds is 5. The van der Waals surface area contributed by atoms with Crippen molar-refractivity contribution in [3.8, 4) is 0 Å². The van der Waals surface area contributed by atoms with Crippen LogP contribution >= 0.6 is 7.82 Å². The first-order valence-electron chi connectivity index (χ1n) is 13.4. The van der Waals surface area contributed by atoms with E-state index in [1.165, 1.54) is 57.8 Å². The second-order valence-corrected chi connectivity index (χ2v) is 13.5. The molecule has 0 saturated heterocycles. The molecule has 0 aromatic carbocycles. The van der Waals surface area contributed by atoms with E-state index in [9.17, 15) is 5.11 Å². The topological polar surface area (TPSA) is 106 Å². The Morgan fingerprint density at radius 1 is 0.972 bits per heavy atom. The van der Waals surface area contributed by atoms with Gasteiger partial charge in [0.05, 0.1) is 6.10 Å². The average molecular weight is 551 g/mol. The summed E-state index contributed by atoms with van der Waals surface area (Å²) in [5.41, 5.74) is 2.60. The molecule has 4 rings (SSSR count). The Labute approximate surface area is 286 Å². The molecule has 0 aromatic rings. The van der Waals surface area contributed by atoms with Crippen molar-refractivity contribution < 1.29 is 113 Å². The summed E-state index contributed by atoms with van der Waals surface area (Å²) in [7, 11) is -5.39. The van der Waals surface area contributed by atoms with E-state index in [2.05, 4.69) is 40.7 Å². The van der Waals surface area contributed by atoms with E-state index in [4.69, 9.17) is 19.2 Å². The predicted octanol–water partition coefficient (Wildman–Crippen LogP) is -4.42. The molecule has 3 saturated carbocycles. The fourth-order valence-electron chi connectivity index (χ4n) is 8.67. The van der Waals surface area contributed by atoms with Crippen LogP contribution in [0.5, 0.6) is 0 Å². The largest absolute Gasteiger partial charge is 1.00 e. The van der Waals surface area contributed by atoms with Gasteiger partial charge in [0, 0.05) is 0 Å². The minimum atomic E-state index is -5.39. The first-order chi connectivity index (χ1) is 15.3. The second kappa shape index (κ2) is 15.9. The molecule has 0 aromatic heterocycles. The third-order valence-corrected chi connectivity index (χ3v) is 10.3. The zero-order valence-electron chi connectivity index (χ0n) is 24.4. The van der Waals surface area contributed by atoms with Gasteiger partial charge in [-0.1, -0.05) is 65.5 Å². The summed E-state index contributed by atoms with van der Waals surface area (Å²) in [5.74, 6) is 5.46. The summed E-state index contributed by atoms with van der Waals surface area (Å²) in [6, 6.07) is 0. The van der Waals surface area contributed by atoms with Crippen molar-refractivity contribution in [1.29, 1.82) is 0 Å². The van der Waals surface area contributed by atoms with Crippen LogP contribution in [0, 0.1) is 46.3 Å². The summed E-state index contributed by atoms with van der Waals surface area (Å²) in [6.45, 7) is 12.6. The molecule has 4 aliphatic rings. The van der Waals surface area contributed by atoms with Gasteiger partial charge in [-0.25, -0.2) is 0 Å². The van der Waals surface area contributed by atoms with E-state index in [1.54, 1.807) is 5.57 Å². The van der Waals surface area contributed by atoms with E-state index in [1.807, 2.05) is 0 Å². The molecule has 4 aliphatic carbocycles. The minimum Gasteiger partial charge on any atom is -0.822 e. The monoisotopic (exact) mass is 550 g/mol. The Morgan fingerprint density at radius 2 is 1.58 bits per heavy atom. The van der Waals surface area contributed by atoms with Gasteiger partial charge in [-0.3, -0.25) is 0 Å². The second-order valence-electron chi connectivity index (χ2n) is 12.6. The molecule has 5 nitrogen and oxygen atoms in total. The van der Waals surface area contributed by atoms with E-state index >= 15 is 0 Å². The van der Waals surface area contributed by atoms with Gasteiger partial charge in [0.15, 0.2) is 0 Å². The Morgan fingerprint density at radius 3 is 2.17 bits per heavy atom. The fraction of sp³-hybridized carbons (Fsp3) is 0.926. The molecule has 0 aliphatic heterocycles. The van der Waals surface area contributed by atoms with Crippen molar-refractivity contribution in [2.75, 3.05) is 0 Å². The number of aliphatic hydroxyl groups excluding tert-OH is 1. The molecule has 1 unspecified atom stereocenters. The molecule has 0 spiro atoms. The SMILES string of the molecule is CC(C)CCCC(C)[C@H]1CC[C@H]2[C@@H]3CC=C4C[C@@H](O)CC[C@]4(C)[C@H]3CC[C@]12C.O=P([O-])([O-])[O-].[Na+].[Na+].[Na+]. The maximum atomic E-state index is 10.2. The molecule has 0 heterocycles. The van der Waals surface area contributed by atoms with Gasteiger partial charge in [0.25, 0.3) is 0 Å². The van der Waals surface area contributed by atoms with Crippen LogP contribution in [0.25, 0.3) is 0 Å². The van der Waals surface area contributed by atoms with Crippen molar-refractivity contribution in [2.45, 2.75) is 111 Å². The van der Waals surface area contributed by atoms with Crippen molar-refractivity contribution in [3.63, 3.8) is 0 Å². The van der Waals surface area contributed by atoms with Crippen LogP contribution in [0.1, 0.15) is 105 Å². The molecule has 36 heavy (non-hydrogen) atoms. The molecule has 9 heteroatoms. The van der Waals surface area contributed by atoms with Crippen LogP contribution in [-0.2, 0) is 4.57 Å². The summed E-state index contributed by atoms with van der Waals surface area (Å²) in [6.07, 6.45) is 17.2. The van der Waals surface area contributed by atoms with Crippen LogP contribution < -0.4 is 103 Å². The van der Waals surface area contributed by atoms with Gasteiger partial charge in [-0.2, -0.15) is 7.82 Å². The maximum Gasteiger partial charge on any atom is 1.00 e. The molecule has 8 atom stereocenters. The predicted molar refractivity (Wildman–Crippen MR) is 127 cm³/mol. The number of aliphatic hydroxyl groups is 1. The van der Waals surface area contributed by atoms with Crippen LogP contribution in [-0.4, -0.2) is 11.2 Å². The third kappa shape index (κ3) is 9.41. The normalized spacial score (nSPS) is 37.8. The van der Waals surface area contributed by atoms with Crippen LogP contribution in [0.3, 0.4) is 0 Å². The van der Waals surface area contributed by atoms with Crippen molar-refractivity contribution in [2.24, 2.45) is 46.3 Å². The first-order valence-corrected chi connectivity index (χ1v) is 14.8. The summed E-state index contributed by atoms with van der Waals surface area (Å²) >= 11 is 0. The maximum absolute atomic E-state index is 10.2. The average Bonchev–Trinajstić information content (AvgIpc) is 3.04. The van der Waals surface area contributed by atoms with Gasteiger partial charge < -0.3 is 24.4 Å². The Hall–Kier alpha value is 2.81. The summed E-state index contributed by atoms with van der Waals surface area (Å²) in [5, 5.41) is 10.2. The van der Waals surface area contributed by atoms with Crippen LogP contribution in [0.2, 0.25) is 0 Å².